The zero-order valence-corrected chi connectivity index (χ0v) is 14.5. The maximum absolute atomic E-state index is 10.7. The van der Waals surface area contributed by atoms with E-state index in [4.69, 9.17) is 0 Å². The number of β-amino-alcohol motifs (C(OH)–C–C–N with tert-alkyl or cyclic N) is 1. The van der Waals surface area contributed by atoms with Gasteiger partial charge in [-0.15, -0.1) is 0 Å². The SMILES string of the molecule is OCC1CCCN(CC(O)Cn2c3ccccc3c3ccccc32)C1. The minimum absolute atomic E-state index is 0.249. The van der Waals surface area contributed by atoms with Crippen molar-refractivity contribution in [3.8, 4) is 0 Å². The second-order valence-corrected chi connectivity index (χ2v) is 7.25. The Hall–Kier alpha value is -1.88. The third-order valence-corrected chi connectivity index (χ3v) is 5.40. The number of fused-ring (bicyclic) bond motifs is 3. The molecule has 3 aromatic rings. The van der Waals surface area contributed by atoms with E-state index in [1.165, 1.54) is 21.8 Å². The van der Waals surface area contributed by atoms with E-state index in [1.54, 1.807) is 0 Å². The summed E-state index contributed by atoms with van der Waals surface area (Å²) in [5, 5.41) is 22.6. The Labute approximate surface area is 148 Å². The molecule has 132 valence electrons. The predicted molar refractivity (Wildman–Crippen MR) is 102 cm³/mol. The van der Waals surface area contributed by atoms with Crippen molar-refractivity contribution in [1.29, 1.82) is 0 Å². The number of hydrogen-bond acceptors (Lipinski definition) is 3. The van der Waals surface area contributed by atoms with Gasteiger partial charge in [0.05, 0.1) is 12.6 Å². The molecule has 0 bridgehead atoms. The maximum Gasteiger partial charge on any atom is 0.0845 e. The van der Waals surface area contributed by atoms with Gasteiger partial charge in [0, 0.05) is 41.5 Å². The molecule has 0 spiro atoms. The van der Waals surface area contributed by atoms with Crippen molar-refractivity contribution in [1.82, 2.24) is 9.47 Å². The number of aliphatic hydroxyl groups excluding tert-OH is 2. The zero-order chi connectivity index (χ0) is 17.2. The first kappa shape index (κ1) is 16.6. The van der Waals surface area contributed by atoms with Gasteiger partial charge < -0.3 is 19.7 Å². The minimum Gasteiger partial charge on any atom is -0.396 e. The van der Waals surface area contributed by atoms with Crippen LogP contribution < -0.4 is 0 Å². The summed E-state index contributed by atoms with van der Waals surface area (Å²) in [5.41, 5.74) is 2.35. The van der Waals surface area contributed by atoms with Crippen molar-refractivity contribution in [3.63, 3.8) is 0 Å². The quantitative estimate of drug-likeness (QED) is 0.752. The molecule has 1 aliphatic rings. The van der Waals surface area contributed by atoms with Gasteiger partial charge in [-0.25, -0.2) is 0 Å². The third kappa shape index (κ3) is 3.30. The molecule has 4 rings (SSSR count). The van der Waals surface area contributed by atoms with E-state index in [9.17, 15) is 10.2 Å². The molecule has 25 heavy (non-hydrogen) atoms. The zero-order valence-electron chi connectivity index (χ0n) is 14.5. The standard InChI is InChI=1S/C21H26N2O2/c24-15-16-6-5-11-22(12-16)13-17(25)14-23-20-9-3-1-7-18(20)19-8-2-4-10-21(19)23/h1-4,7-10,16-17,24-25H,5-6,11-15H2. The summed E-state index contributed by atoms with van der Waals surface area (Å²) in [7, 11) is 0. The van der Waals surface area contributed by atoms with Crippen molar-refractivity contribution in [2.75, 3.05) is 26.2 Å². The Kier molecular flexibility index (Phi) is 4.75. The topological polar surface area (TPSA) is 48.6 Å². The lowest BCUT2D eigenvalue weighted by Gasteiger charge is -2.33. The minimum atomic E-state index is -0.420. The van der Waals surface area contributed by atoms with Crippen molar-refractivity contribution < 1.29 is 10.2 Å². The number of aliphatic hydroxyl groups is 2. The molecule has 2 atom stereocenters. The third-order valence-electron chi connectivity index (χ3n) is 5.40. The van der Waals surface area contributed by atoms with Gasteiger partial charge in [-0.1, -0.05) is 36.4 Å². The lowest BCUT2D eigenvalue weighted by Crippen LogP contribution is -2.42. The summed E-state index contributed by atoms with van der Waals surface area (Å²) in [5.74, 6) is 0.356. The molecular formula is C21H26N2O2. The molecule has 1 saturated heterocycles. The van der Waals surface area contributed by atoms with Gasteiger partial charge >= 0.3 is 0 Å². The average molecular weight is 338 g/mol. The lowest BCUT2D eigenvalue weighted by atomic mass is 9.99. The van der Waals surface area contributed by atoms with E-state index in [1.807, 2.05) is 0 Å². The van der Waals surface area contributed by atoms with Crippen LogP contribution in [0.2, 0.25) is 0 Å². The summed E-state index contributed by atoms with van der Waals surface area (Å²) in [4.78, 5) is 2.29. The van der Waals surface area contributed by atoms with Crippen LogP contribution in [0, 0.1) is 5.92 Å². The monoisotopic (exact) mass is 338 g/mol. The van der Waals surface area contributed by atoms with Crippen LogP contribution >= 0.6 is 0 Å². The number of aromatic nitrogens is 1. The average Bonchev–Trinajstić information content (AvgIpc) is 2.96. The molecule has 1 aliphatic heterocycles. The summed E-state index contributed by atoms with van der Waals surface area (Å²) < 4.78 is 2.24. The van der Waals surface area contributed by atoms with Gasteiger partial charge in [0.15, 0.2) is 0 Å². The maximum atomic E-state index is 10.7. The molecule has 1 aromatic heterocycles. The fourth-order valence-corrected chi connectivity index (χ4v) is 4.23. The smallest absolute Gasteiger partial charge is 0.0845 e. The van der Waals surface area contributed by atoms with E-state index in [0.717, 1.165) is 25.9 Å². The largest absolute Gasteiger partial charge is 0.396 e. The molecule has 4 nitrogen and oxygen atoms in total. The Bertz CT molecular complexity index is 804. The second kappa shape index (κ2) is 7.16. The van der Waals surface area contributed by atoms with Crippen LogP contribution in [0.1, 0.15) is 12.8 Å². The molecule has 2 N–H and O–H groups in total. The van der Waals surface area contributed by atoms with Crippen LogP contribution in [0.25, 0.3) is 21.8 Å². The number of nitrogens with zero attached hydrogens (tertiary/aromatic N) is 2. The van der Waals surface area contributed by atoms with Gasteiger partial charge in [0.1, 0.15) is 0 Å². The molecule has 1 fully saturated rings. The van der Waals surface area contributed by atoms with Crippen molar-refractivity contribution in [3.05, 3.63) is 48.5 Å². The van der Waals surface area contributed by atoms with Crippen LogP contribution in [-0.4, -0.2) is 52.0 Å². The van der Waals surface area contributed by atoms with E-state index < -0.39 is 6.10 Å². The van der Waals surface area contributed by atoms with E-state index >= 15 is 0 Å². The molecule has 0 amide bonds. The highest BCUT2D eigenvalue weighted by atomic mass is 16.3. The molecule has 2 unspecified atom stereocenters. The molecule has 0 radical (unpaired) electrons. The van der Waals surface area contributed by atoms with Gasteiger partial charge in [-0.2, -0.15) is 0 Å². The summed E-state index contributed by atoms with van der Waals surface area (Å²) >= 11 is 0. The first-order valence-electron chi connectivity index (χ1n) is 9.23. The highest BCUT2D eigenvalue weighted by molar-refractivity contribution is 6.07. The Morgan fingerprint density at radius 3 is 2.24 bits per heavy atom. The van der Waals surface area contributed by atoms with Gasteiger partial charge in [0.25, 0.3) is 0 Å². The number of piperidine rings is 1. The second-order valence-electron chi connectivity index (χ2n) is 7.25. The summed E-state index contributed by atoms with van der Waals surface area (Å²) in [6, 6.07) is 16.8. The molecule has 0 saturated carbocycles. The van der Waals surface area contributed by atoms with E-state index in [0.29, 0.717) is 19.0 Å². The lowest BCUT2D eigenvalue weighted by molar-refractivity contribution is 0.0613. The van der Waals surface area contributed by atoms with Crippen LogP contribution in [0.4, 0.5) is 0 Å². The number of para-hydroxylation sites is 2. The van der Waals surface area contributed by atoms with Crippen molar-refractivity contribution >= 4 is 21.8 Å². The highest BCUT2D eigenvalue weighted by Crippen LogP contribution is 2.29. The van der Waals surface area contributed by atoms with Crippen LogP contribution in [-0.2, 0) is 6.54 Å². The molecule has 2 heterocycles. The van der Waals surface area contributed by atoms with Crippen molar-refractivity contribution in [2.24, 2.45) is 5.92 Å². The first-order chi connectivity index (χ1) is 12.3. The highest BCUT2D eigenvalue weighted by Gasteiger charge is 2.22. The fraction of sp³-hybridized carbons (Fsp3) is 0.429. The summed E-state index contributed by atoms with van der Waals surface area (Å²) in [6.07, 6.45) is 1.78. The van der Waals surface area contributed by atoms with Crippen LogP contribution in [0.15, 0.2) is 48.5 Å². The molecular weight excluding hydrogens is 312 g/mol. The van der Waals surface area contributed by atoms with Gasteiger partial charge in [-0.3, -0.25) is 0 Å². The van der Waals surface area contributed by atoms with Crippen LogP contribution in [0.5, 0.6) is 0 Å². The molecule has 0 aliphatic carbocycles. The Balaban J connectivity index is 1.57. The fourth-order valence-electron chi connectivity index (χ4n) is 4.23. The van der Waals surface area contributed by atoms with Gasteiger partial charge in [-0.05, 0) is 37.4 Å². The van der Waals surface area contributed by atoms with E-state index in [-0.39, 0.29) is 6.61 Å². The van der Waals surface area contributed by atoms with Crippen molar-refractivity contribution in [2.45, 2.75) is 25.5 Å². The number of hydrogen-bond donors (Lipinski definition) is 2. The predicted octanol–water partition coefficient (Wildman–Crippen LogP) is 2.86. The first-order valence-corrected chi connectivity index (χ1v) is 9.23. The Morgan fingerprint density at radius 1 is 0.960 bits per heavy atom. The number of rotatable bonds is 5. The van der Waals surface area contributed by atoms with Gasteiger partial charge in [0.2, 0.25) is 0 Å². The normalized spacial score (nSPS) is 20.3. The number of likely N-dealkylation sites (tertiary alicyclic amines) is 1. The van der Waals surface area contributed by atoms with E-state index in [2.05, 4.69) is 58.0 Å². The molecule has 2 aromatic carbocycles. The molecule has 4 heteroatoms. The number of benzene rings is 2. The van der Waals surface area contributed by atoms with Crippen LogP contribution in [0.3, 0.4) is 0 Å². The Morgan fingerprint density at radius 2 is 1.60 bits per heavy atom. The summed E-state index contributed by atoms with van der Waals surface area (Å²) in [6.45, 7) is 3.41.